The van der Waals surface area contributed by atoms with Gasteiger partial charge in [0.1, 0.15) is 0 Å². The Bertz CT molecular complexity index is 455. The molecular formula is C13H15ClN2O. The zero-order valence-electron chi connectivity index (χ0n) is 9.69. The van der Waals surface area contributed by atoms with E-state index in [4.69, 9.17) is 16.0 Å². The Morgan fingerprint density at radius 2 is 2.35 bits per heavy atom. The van der Waals surface area contributed by atoms with Gasteiger partial charge in [0, 0.05) is 18.0 Å². The summed E-state index contributed by atoms with van der Waals surface area (Å²) in [4.78, 5) is 4.14. The molecule has 4 heteroatoms. The number of hydrogen-bond donors (Lipinski definition) is 1. The second-order valence-corrected chi connectivity index (χ2v) is 4.17. The summed E-state index contributed by atoms with van der Waals surface area (Å²) in [5, 5.41) is 3.88. The van der Waals surface area contributed by atoms with Crippen molar-refractivity contribution < 1.29 is 4.42 Å². The van der Waals surface area contributed by atoms with E-state index in [1.54, 1.807) is 12.5 Å². The highest BCUT2D eigenvalue weighted by Crippen LogP contribution is 2.28. The van der Waals surface area contributed by atoms with Crippen molar-refractivity contribution >= 4 is 11.6 Å². The largest absolute Gasteiger partial charge is 0.453 e. The van der Waals surface area contributed by atoms with Crippen molar-refractivity contribution in [1.29, 1.82) is 0 Å². The summed E-state index contributed by atoms with van der Waals surface area (Å²) in [6.07, 6.45) is 6.27. The van der Waals surface area contributed by atoms with Crippen LogP contribution in [-0.4, -0.2) is 11.5 Å². The van der Waals surface area contributed by atoms with Crippen LogP contribution in [0.5, 0.6) is 0 Å². The number of furan rings is 1. The van der Waals surface area contributed by atoms with Crippen molar-refractivity contribution in [2.75, 3.05) is 6.54 Å². The monoisotopic (exact) mass is 250 g/mol. The second-order valence-electron chi connectivity index (χ2n) is 3.82. The molecule has 2 aromatic heterocycles. The molecule has 1 N–H and O–H groups in total. The lowest BCUT2D eigenvalue weighted by atomic mass is 10.0. The highest BCUT2D eigenvalue weighted by molar-refractivity contribution is 6.29. The summed E-state index contributed by atoms with van der Waals surface area (Å²) in [5.74, 6) is 0. The molecule has 1 unspecified atom stereocenters. The van der Waals surface area contributed by atoms with Crippen molar-refractivity contribution in [3.8, 4) is 0 Å². The lowest BCUT2D eigenvalue weighted by Gasteiger charge is -2.17. The first-order valence-electron chi connectivity index (χ1n) is 5.69. The summed E-state index contributed by atoms with van der Waals surface area (Å²) in [7, 11) is 0. The van der Waals surface area contributed by atoms with E-state index in [1.165, 1.54) is 0 Å². The van der Waals surface area contributed by atoms with Gasteiger partial charge in [0.2, 0.25) is 0 Å². The first-order chi connectivity index (χ1) is 8.33. The Balaban J connectivity index is 2.29. The van der Waals surface area contributed by atoms with Crippen LogP contribution in [0.3, 0.4) is 0 Å². The molecule has 0 bridgehead atoms. The van der Waals surface area contributed by atoms with Gasteiger partial charge in [-0.05, 0) is 42.3 Å². The Kier molecular flexibility index (Phi) is 4.18. The summed E-state index contributed by atoms with van der Waals surface area (Å²) in [6.45, 7) is 3.05. The van der Waals surface area contributed by atoms with E-state index in [0.29, 0.717) is 5.22 Å². The zero-order valence-corrected chi connectivity index (χ0v) is 10.4. The topological polar surface area (TPSA) is 38.1 Å². The summed E-state index contributed by atoms with van der Waals surface area (Å²) in [5.41, 5.74) is 2.04. The maximum absolute atomic E-state index is 6.04. The number of aromatic nitrogens is 1. The van der Waals surface area contributed by atoms with Crippen LogP contribution in [0, 0.1) is 0 Å². The number of hydrogen-bond acceptors (Lipinski definition) is 3. The molecule has 3 nitrogen and oxygen atoms in total. The first-order valence-corrected chi connectivity index (χ1v) is 6.07. The normalized spacial score (nSPS) is 12.6. The predicted molar refractivity (Wildman–Crippen MR) is 68.1 cm³/mol. The van der Waals surface area contributed by atoms with E-state index in [1.807, 2.05) is 24.4 Å². The molecule has 0 aliphatic heterocycles. The SMILES string of the molecule is CCCNC(c1cccnc1)c1ccoc1Cl. The van der Waals surface area contributed by atoms with E-state index in [2.05, 4.69) is 17.2 Å². The van der Waals surface area contributed by atoms with Gasteiger partial charge in [-0.25, -0.2) is 0 Å². The Morgan fingerprint density at radius 1 is 1.47 bits per heavy atom. The Morgan fingerprint density at radius 3 is 2.94 bits per heavy atom. The minimum absolute atomic E-state index is 0.0369. The molecule has 0 aromatic carbocycles. The van der Waals surface area contributed by atoms with Gasteiger partial charge in [-0.1, -0.05) is 13.0 Å². The molecular weight excluding hydrogens is 236 g/mol. The lowest BCUT2D eigenvalue weighted by molar-refractivity contribution is 0.550. The summed E-state index contributed by atoms with van der Waals surface area (Å²) in [6, 6.07) is 5.88. The molecule has 0 saturated heterocycles. The zero-order chi connectivity index (χ0) is 12.1. The molecule has 1 atom stereocenters. The van der Waals surface area contributed by atoms with Gasteiger partial charge >= 0.3 is 0 Å². The van der Waals surface area contributed by atoms with Crippen LogP contribution in [0.15, 0.2) is 41.3 Å². The van der Waals surface area contributed by atoms with Crippen molar-refractivity contribution in [2.45, 2.75) is 19.4 Å². The molecule has 2 rings (SSSR count). The molecule has 2 heterocycles. The van der Waals surface area contributed by atoms with Gasteiger partial charge in [-0.15, -0.1) is 0 Å². The number of nitrogens with one attached hydrogen (secondary N) is 1. The average Bonchev–Trinajstić information content (AvgIpc) is 2.78. The highest BCUT2D eigenvalue weighted by Gasteiger charge is 2.18. The fourth-order valence-electron chi connectivity index (χ4n) is 1.75. The third-order valence-electron chi connectivity index (χ3n) is 2.57. The van der Waals surface area contributed by atoms with E-state index in [-0.39, 0.29) is 6.04 Å². The van der Waals surface area contributed by atoms with Crippen molar-refractivity contribution in [3.05, 3.63) is 53.2 Å². The maximum Gasteiger partial charge on any atom is 0.198 e. The van der Waals surface area contributed by atoms with Crippen molar-refractivity contribution in [3.63, 3.8) is 0 Å². The number of halogens is 1. The predicted octanol–water partition coefficient (Wildman–Crippen LogP) is 3.42. The van der Waals surface area contributed by atoms with E-state index < -0.39 is 0 Å². The first kappa shape index (κ1) is 12.1. The smallest absolute Gasteiger partial charge is 0.198 e. The Labute approximate surface area is 106 Å². The highest BCUT2D eigenvalue weighted by atomic mass is 35.5. The van der Waals surface area contributed by atoms with Crippen LogP contribution in [0.25, 0.3) is 0 Å². The Hall–Kier alpha value is -1.32. The van der Waals surface area contributed by atoms with Gasteiger partial charge in [0.05, 0.1) is 12.3 Å². The molecule has 0 fully saturated rings. The lowest BCUT2D eigenvalue weighted by Crippen LogP contribution is -2.23. The maximum atomic E-state index is 6.04. The molecule has 0 saturated carbocycles. The van der Waals surface area contributed by atoms with E-state index in [9.17, 15) is 0 Å². The third-order valence-corrected chi connectivity index (χ3v) is 2.88. The minimum atomic E-state index is 0.0369. The standard InChI is InChI=1S/C13H15ClN2O/c1-2-6-16-12(10-4-3-7-15-9-10)11-5-8-17-13(11)14/h3-5,7-9,12,16H,2,6H2,1H3. The van der Waals surface area contributed by atoms with Gasteiger partial charge in [0.15, 0.2) is 5.22 Å². The van der Waals surface area contributed by atoms with Gasteiger partial charge in [-0.2, -0.15) is 0 Å². The molecule has 90 valence electrons. The summed E-state index contributed by atoms with van der Waals surface area (Å²) < 4.78 is 5.15. The molecule has 0 aliphatic rings. The van der Waals surface area contributed by atoms with E-state index >= 15 is 0 Å². The average molecular weight is 251 g/mol. The number of nitrogens with zero attached hydrogens (tertiary/aromatic N) is 1. The summed E-state index contributed by atoms with van der Waals surface area (Å²) >= 11 is 6.04. The van der Waals surface area contributed by atoms with Crippen molar-refractivity contribution in [2.24, 2.45) is 0 Å². The molecule has 2 aromatic rings. The van der Waals surface area contributed by atoms with Gasteiger partial charge in [0.25, 0.3) is 0 Å². The quantitative estimate of drug-likeness (QED) is 0.884. The van der Waals surface area contributed by atoms with Crippen LogP contribution in [0.4, 0.5) is 0 Å². The van der Waals surface area contributed by atoms with Gasteiger partial charge in [-0.3, -0.25) is 4.98 Å². The van der Waals surface area contributed by atoms with Crippen molar-refractivity contribution in [1.82, 2.24) is 10.3 Å². The molecule has 0 spiro atoms. The second kappa shape index (κ2) is 5.84. The minimum Gasteiger partial charge on any atom is -0.453 e. The molecule has 0 amide bonds. The third kappa shape index (κ3) is 2.87. The van der Waals surface area contributed by atoms with Crippen LogP contribution < -0.4 is 5.32 Å². The fraction of sp³-hybridized carbons (Fsp3) is 0.308. The fourth-order valence-corrected chi connectivity index (χ4v) is 1.98. The van der Waals surface area contributed by atoms with Gasteiger partial charge < -0.3 is 9.73 Å². The van der Waals surface area contributed by atoms with Crippen LogP contribution in [0.1, 0.15) is 30.5 Å². The molecule has 0 radical (unpaired) electrons. The molecule has 17 heavy (non-hydrogen) atoms. The number of rotatable bonds is 5. The van der Waals surface area contributed by atoms with E-state index in [0.717, 1.165) is 24.1 Å². The van der Waals surface area contributed by atoms with Crippen LogP contribution >= 0.6 is 11.6 Å². The van der Waals surface area contributed by atoms with Crippen LogP contribution in [0.2, 0.25) is 5.22 Å². The number of pyridine rings is 1. The van der Waals surface area contributed by atoms with Crippen LogP contribution in [-0.2, 0) is 0 Å². The molecule has 0 aliphatic carbocycles.